The van der Waals surface area contributed by atoms with Crippen molar-refractivity contribution < 1.29 is 0 Å². The van der Waals surface area contributed by atoms with Gasteiger partial charge in [0.05, 0.1) is 0 Å². The second kappa shape index (κ2) is 3.50. The fourth-order valence-corrected chi connectivity index (χ4v) is 4.86. The molecule has 0 aromatic heterocycles. The summed E-state index contributed by atoms with van der Waals surface area (Å²) in [6.45, 7) is 14.8. The summed E-state index contributed by atoms with van der Waals surface area (Å²) in [6, 6.07) is 0. The number of rotatable bonds is 2. The Hall–Kier alpha value is 0. The zero-order valence-electron chi connectivity index (χ0n) is 11.4. The standard InChI is InChI=1S/C15H28/c1-9(2)15(6)8-12(5)14(15)13-10(3)7-11(13)4/h9-14H,7-8H2,1-6H3. The highest BCUT2D eigenvalue weighted by molar-refractivity contribution is 5.05. The van der Waals surface area contributed by atoms with Crippen molar-refractivity contribution in [3.8, 4) is 0 Å². The first-order chi connectivity index (χ1) is 6.88. The molecule has 2 rings (SSSR count). The van der Waals surface area contributed by atoms with E-state index >= 15 is 0 Å². The molecule has 0 saturated heterocycles. The van der Waals surface area contributed by atoms with Crippen LogP contribution in [0.2, 0.25) is 0 Å². The van der Waals surface area contributed by atoms with Crippen molar-refractivity contribution in [3.63, 3.8) is 0 Å². The van der Waals surface area contributed by atoms with Gasteiger partial charge in [-0.2, -0.15) is 0 Å². The summed E-state index contributed by atoms with van der Waals surface area (Å²) < 4.78 is 0. The summed E-state index contributed by atoms with van der Waals surface area (Å²) in [5.74, 6) is 5.86. The van der Waals surface area contributed by atoms with Gasteiger partial charge in [0.25, 0.3) is 0 Å². The molecule has 0 bridgehead atoms. The van der Waals surface area contributed by atoms with E-state index in [9.17, 15) is 0 Å². The van der Waals surface area contributed by atoms with Gasteiger partial charge in [0.15, 0.2) is 0 Å². The monoisotopic (exact) mass is 208 g/mol. The predicted octanol–water partition coefficient (Wildman–Crippen LogP) is 4.60. The Morgan fingerprint density at radius 1 is 1.00 bits per heavy atom. The maximum absolute atomic E-state index is 2.54. The Morgan fingerprint density at radius 3 is 1.87 bits per heavy atom. The molecule has 2 aliphatic rings. The van der Waals surface area contributed by atoms with Gasteiger partial charge in [0, 0.05) is 0 Å². The molecule has 0 radical (unpaired) electrons. The molecule has 15 heavy (non-hydrogen) atoms. The Bertz CT molecular complexity index is 234. The van der Waals surface area contributed by atoms with E-state index in [0.717, 1.165) is 35.5 Å². The topological polar surface area (TPSA) is 0 Å². The normalized spacial score (nSPS) is 55.0. The van der Waals surface area contributed by atoms with E-state index in [2.05, 4.69) is 41.5 Å². The highest BCUT2D eigenvalue weighted by Crippen LogP contribution is 2.64. The van der Waals surface area contributed by atoms with Crippen molar-refractivity contribution in [1.82, 2.24) is 0 Å². The molecule has 2 aliphatic carbocycles. The predicted molar refractivity (Wildman–Crippen MR) is 66.7 cm³/mol. The first-order valence-corrected chi connectivity index (χ1v) is 6.88. The third-order valence-corrected chi connectivity index (χ3v) is 5.93. The highest BCUT2D eigenvalue weighted by Gasteiger charge is 2.57. The molecule has 0 aromatic carbocycles. The summed E-state index contributed by atoms with van der Waals surface area (Å²) in [4.78, 5) is 0. The van der Waals surface area contributed by atoms with Crippen molar-refractivity contribution in [2.45, 2.75) is 54.4 Å². The van der Waals surface area contributed by atoms with Gasteiger partial charge in [-0.05, 0) is 53.8 Å². The lowest BCUT2D eigenvalue weighted by Gasteiger charge is -2.63. The van der Waals surface area contributed by atoms with Crippen LogP contribution < -0.4 is 0 Å². The van der Waals surface area contributed by atoms with E-state index in [1.165, 1.54) is 12.8 Å². The van der Waals surface area contributed by atoms with Crippen molar-refractivity contribution >= 4 is 0 Å². The van der Waals surface area contributed by atoms with Gasteiger partial charge in [-0.3, -0.25) is 0 Å². The molecular formula is C15H28. The van der Waals surface area contributed by atoms with E-state index in [0.29, 0.717) is 5.41 Å². The molecule has 0 spiro atoms. The lowest BCUT2D eigenvalue weighted by Crippen LogP contribution is -2.57. The Kier molecular flexibility index (Phi) is 2.68. The van der Waals surface area contributed by atoms with E-state index in [1.54, 1.807) is 0 Å². The molecule has 0 aromatic rings. The van der Waals surface area contributed by atoms with Crippen LogP contribution in [0.4, 0.5) is 0 Å². The van der Waals surface area contributed by atoms with Crippen LogP contribution in [0.3, 0.4) is 0 Å². The third kappa shape index (κ3) is 1.47. The Morgan fingerprint density at radius 2 is 1.53 bits per heavy atom. The summed E-state index contributed by atoms with van der Waals surface area (Å²) in [6.07, 6.45) is 2.94. The minimum Gasteiger partial charge on any atom is -0.0622 e. The molecule has 0 aliphatic heterocycles. The van der Waals surface area contributed by atoms with Gasteiger partial charge in [0.1, 0.15) is 0 Å². The average molecular weight is 208 g/mol. The van der Waals surface area contributed by atoms with Gasteiger partial charge in [-0.15, -0.1) is 0 Å². The van der Waals surface area contributed by atoms with Crippen LogP contribution in [0, 0.1) is 40.9 Å². The minimum absolute atomic E-state index is 0.646. The molecule has 88 valence electrons. The van der Waals surface area contributed by atoms with Crippen LogP contribution in [0.1, 0.15) is 54.4 Å². The van der Waals surface area contributed by atoms with Crippen LogP contribution in [0.5, 0.6) is 0 Å². The maximum atomic E-state index is 2.54. The first-order valence-electron chi connectivity index (χ1n) is 6.88. The molecule has 5 atom stereocenters. The summed E-state index contributed by atoms with van der Waals surface area (Å²) >= 11 is 0. The number of hydrogen-bond donors (Lipinski definition) is 0. The van der Waals surface area contributed by atoms with Crippen LogP contribution >= 0.6 is 0 Å². The molecular weight excluding hydrogens is 180 g/mol. The molecule has 0 heterocycles. The van der Waals surface area contributed by atoms with Crippen LogP contribution in [-0.4, -0.2) is 0 Å². The Balaban J connectivity index is 2.13. The zero-order valence-corrected chi connectivity index (χ0v) is 11.4. The lowest BCUT2D eigenvalue weighted by molar-refractivity contribution is -0.148. The van der Waals surface area contributed by atoms with Gasteiger partial charge < -0.3 is 0 Å². The van der Waals surface area contributed by atoms with Crippen molar-refractivity contribution in [1.29, 1.82) is 0 Å². The SMILES string of the molecule is CC1CC(C)C1C1C(C)CC1(C)C(C)C. The summed E-state index contributed by atoms with van der Waals surface area (Å²) in [5.41, 5.74) is 0.646. The minimum atomic E-state index is 0.646. The van der Waals surface area contributed by atoms with Gasteiger partial charge in [0.2, 0.25) is 0 Å². The smallest absolute Gasteiger partial charge is 0.0266 e. The molecule has 0 N–H and O–H groups in total. The first kappa shape index (κ1) is 11.5. The van der Waals surface area contributed by atoms with Crippen molar-refractivity contribution in [3.05, 3.63) is 0 Å². The zero-order chi connectivity index (χ0) is 11.4. The lowest BCUT2D eigenvalue weighted by atomic mass is 9.42. The second-order valence-electron chi connectivity index (χ2n) is 7.14. The fraction of sp³-hybridized carbons (Fsp3) is 1.00. The van der Waals surface area contributed by atoms with Crippen molar-refractivity contribution in [2.24, 2.45) is 40.9 Å². The average Bonchev–Trinajstić information content (AvgIpc) is 2.14. The van der Waals surface area contributed by atoms with Gasteiger partial charge in [-0.1, -0.05) is 41.5 Å². The van der Waals surface area contributed by atoms with Gasteiger partial charge in [-0.25, -0.2) is 0 Å². The largest absolute Gasteiger partial charge is 0.0622 e. The molecule has 2 fully saturated rings. The Labute approximate surface area is 95.8 Å². The molecule has 0 heteroatoms. The molecule has 5 unspecified atom stereocenters. The van der Waals surface area contributed by atoms with Crippen LogP contribution in [0.15, 0.2) is 0 Å². The van der Waals surface area contributed by atoms with Gasteiger partial charge >= 0.3 is 0 Å². The molecule has 0 amide bonds. The van der Waals surface area contributed by atoms with Crippen LogP contribution in [-0.2, 0) is 0 Å². The second-order valence-corrected chi connectivity index (χ2v) is 7.14. The van der Waals surface area contributed by atoms with Crippen LogP contribution in [0.25, 0.3) is 0 Å². The third-order valence-electron chi connectivity index (χ3n) is 5.93. The van der Waals surface area contributed by atoms with E-state index in [4.69, 9.17) is 0 Å². The summed E-state index contributed by atoms with van der Waals surface area (Å²) in [7, 11) is 0. The quantitative estimate of drug-likeness (QED) is 0.622. The molecule has 0 nitrogen and oxygen atoms in total. The maximum Gasteiger partial charge on any atom is -0.0266 e. The fourth-order valence-electron chi connectivity index (χ4n) is 4.86. The van der Waals surface area contributed by atoms with E-state index in [-0.39, 0.29) is 0 Å². The molecule has 2 saturated carbocycles. The van der Waals surface area contributed by atoms with E-state index in [1.807, 2.05) is 0 Å². The highest BCUT2D eigenvalue weighted by atomic mass is 14.6. The summed E-state index contributed by atoms with van der Waals surface area (Å²) in [5, 5.41) is 0. The van der Waals surface area contributed by atoms with Crippen molar-refractivity contribution in [2.75, 3.05) is 0 Å². The van der Waals surface area contributed by atoms with E-state index < -0.39 is 0 Å². The number of hydrogen-bond acceptors (Lipinski definition) is 0.